The van der Waals surface area contributed by atoms with Gasteiger partial charge in [-0.25, -0.2) is 0 Å². The van der Waals surface area contributed by atoms with Crippen molar-refractivity contribution >= 4 is 5.97 Å². The van der Waals surface area contributed by atoms with Crippen molar-refractivity contribution in [1.29, 1.82) is 0 Å². The van der Waals surface area contributed by atoms with Gasteiger partial charge < -0.3 is 9.47 Å². The van der Waals surface area contributed by atoms with E-state index < -0.39 is 0 Å². The number of carbonyl (C=O) groups excluding carboxylic acids is 1. The van der Waals surface area contributed by atoms with Crippen LogP contribution >= 0.6 is 0 Å². The molecule has 1 aliphatic rings. The molecule has 0 aromatic heterocycles. The van der Waals surface area contributed by atoms with Gasteiger partial charge in [0.05, 0.1) is 19.1 Å². The SMILES string of the molecule is CCOC(=O)C1C(COC)C1c1ccccc1. The lowest BCUT2D eigenvalue weighted by Crippen LogP contribution is -2.09. The molecule has 3 nitrogen and oxygen atoms in total. The van der Waals surface area contributed by atoms with Crippen LogP contribution in [0.5, 0.6) is 0 Å². The molecule has 1 aromatic rings. The molecule has 3 heteroatoms. The Kier molecular flexibility index (Phi) is 3.79. The minimum atomic E-state index is -0.0941. The molecule has 3 unspecified atom stereocenters. The minimum Gasteiger partial charge on any atom is -0.466 e. The summed E-state index contributed by atoms with van der Waals surface area (Å²) in [7, 11) is 1.67. The second-order valence-electron chi connectivity index (χ2n) is 4.33. The smallest absolute Gasteiger partial charge is 0.309 e. The summed E-state index contributed by atoms with van der Waals surface area (Å²) < 4.78 is 10.3. The Balaban J connectivity index is 2.09. The summed E-state index contributed by atoms with van der Waals surface area (Å²) in [5, 5.41) is 0. The number of esters is 1. The van der Waals surface area contributed by atoms with Crippen LogP contribution in [0.4, 0.5) is 0 Å². The van der Waals surface area contributed by atoms with Crippen molar-refractivity contribution in [3.8, 4) is 0 Å². The third kappa shape index (κ3) is 2.50. The molecule has 0 spiro atoms. The molecule has 0 heterocycles. The van der Waals surface area contributed by atoms with Crippen LogP contribution in [0.3, 0.4) is 0 Å². The Morgan fingerprint density at radius 2 is 2.00 bits per heavy atom. The monoisotopic (exact) mass is 234 g/mol. The molecular weight excluding hydrogens is 216 g/mol. The molecule has 3 atom stereocenters. The molecule has 0 aliphatic heterocycles. The van der Waals surface area contributed by atoms with Crippen LogP contribution in [0.25, 0.3) is 0 Å². The lowest BCUT2D eigenvalue weighted by atomic mass is 10.1. The van der Waals surface area contributed by atoms with Crippen LogP contribution in [0, 0.1) is 11.8 Å². The molecule has 1 saturated carbocycles. The highest BCUT2D eigenvalue weighted by Gasteiger charge is 2.56. The minimum absolute atomic E-state index is 0.0303. The van der Waals surface area contributed by atoms with Crippen molar-refractivity contribution in [2.45, 2.75) is 12.8 Å². The van der Waals surface area contributed by atoms with Crippen molar-refractivity contribution < 1.29 is 14.3 Å². The van der Waals surface area contributed by atoms with Crippen LogP contribution in [0.15, 0.2) is 30.3 Å². The summed E-state index contributed by atoms with van der Waals surface area (Å²) in [6.07, 6.45) is 0. The summed E-state index contributed by atoms with van der Waals surface area (Å²) in [5.41, 5.74) is 1.20. The maximum Gasteiger partial charge on any atom is 0.309 e. The van der Waals surface area contributed by atoms with Crippen LogP contribution in [0.2, 0.25) is 0 Å². The fourth-order valence-electron chi connectivity index (χ4n) is 2.46. The Hall–Kier alpha value is -1.35. The van der Waals surface area contributed by atoms with E-state index in [1.54, 1.807) is 7.11 Å². The number of ether oxygens (including phenoxy) is 2. The number of rotatable bonds is 5. The van der Waals surface area contributed by atoms with E-state index in [1.165, 1.54) is 5.56 Å². The summed E-state index contributed by atoms with van der Waals surface area (Å²) in [5.74, 6) is 0.400. The van der Waals surface area contributed by atoms with Gasteiger partial charge in [-0.1, -0.05) is 30.3 Å². The largest absolute Gasteiger partial charge is 0.466 e. The van der Waals surface area contributed by atoms with Gasteiger partial charge in [0.15, 0.2) is 0 Å². The predicted octanol–water partition coefficient (Wildman–Crippen LogP) is 2.23. The molecule has 0 N–H and O–H groups in total. The second kappa shape index (κ2) is 5.32. The molecule has 17 heavy (non-hydrogen) atoms. The molecular formula is C14H18O3. The van der Waals surface area contributed by atoms with E-state index >= 15 is 0 Å². The fraction of sp³-hybridized carbons (Fsp3) is 0.500. The predicted molar refractivity (Wildman–Crippen MR) is 64.7 cm³/mol. The number of hydrogen-bond acceptors (Lipinski definition) is 3. The number of methoxy groups -OCH3 is 1. The van der Waals surface area contributed by atoms with Crippen molar-refractivity contribution in [2.24, 2.45) is 11.8 Å². The first-order chi connectivity index (χ1) is 8.29. The summed E-state index contributed by atoms with van der Waals surface area (Å²) in [6.45, 7) is 2.89. The van der Waals surface area contributed by atoms with E-state index in [4.69, 9.17) is 9.47 Å². The van der Waals surface area contributed by atoms with Gasteiger partial charge in [-0.2, -0.15) is 0 Å². The summed E-state index contributed by atoms with van der Waals surface area (Å²) >= 11 is 0. The van der Waals surface area contributed by atoms with Gasteiger partial charge in [-0.05, 0) is 12.5 Å². The summed E-state index contributed by atoms with van der Waals surface area (Å²) in [4.78, 5) is 11.8. The van der Waals surface area contributed by atoms with Gasteiger partial charge >= 0.3 is 5.97 Å². The zero-order valence-electron chi connectivity index (χ0n) is 10.3. The first-order valence-electron chi connectivity index (χ1n) is 6.00. The molecule has 1 fully saturated rings. The maximum atomic E-state index is 11.8. The Morgan fingerprint density at radius 1 is 1.29 bits per heavy atom. The number of benzene rings is 1. The van der Waals surface area contributed by atoms with Crippen molar-refractivity contribution in [3.63, 3.8) is 0 Å². The molecule has 0 radical (unpaired) electrons. The molecule has 1 aliphatic carbocycles. The lowest BCUT2D eigenvalue weighted by molar-refractivity contribution is -0.145. The zero-order chi connectivity index (χ0) is 12.3. The molecule has 0 saturated heterocycles. The lowest BCUT2D eigenvalue weighted by Gasteiger charge is -2.00. The van der Waals surface area contributed by atoms with E-state index in [0.29, 0.717) is 13.2 Å². The highest BCUT2D eigenvalue weighted by atomic mass is 16.5. The Bertz CT molecular complexity index is 374. The molecule has 1 aromatic carbocycles. The average Bonchev–Trinajstić information content (AvgIpc) is 3.05. The molecule has 0 bridgehead atoms. The third-order valence-corrected chi connectivity index (χ3v) is 3.27. The normalized spacial score (nSPS) is 26.6. The summed E-state index contributed by atoms with van der Waals surface area (Å²) in [6, 6.07) is 10.1. The Labute approximate surface area is 102 Å². The maximum absolute atomic E-state index is 11.8. The molecule has 2 rings (SSSR count). The fourth-order valence-corrected chi connectivity index (χ4v) is 2.46. The van der Waals surface area contributed by atoms with E-state index in [9.17, 15) is 4.79 Å². The molecule has 0 amide bonds. The third-order valence-electron chi connectivity index (χ3n) is 3.27. The van der Waals surface area contributed by atoms with Crippen LogP contribution in [-0.4, -0.2) is 26.3 Å². The average molecular weight is 234 g/mol. The first kappa shape index (κ1) is 12.1. The quantitative estimate of drug-likeness (QED) is 0.733. The van der Waals surface area contributed by atoms with Gasteiger partial charge in [-0.15, -0.1) is 0 Å². The van der Waals surface area contributed by atoms with Gasteiger partial charge in [0.2, 0.25) is 0 Å². The standard InChI is InChI=1S/C14H18O3/c1-3-17-14(15)13-11(9-16-2)12(13)10-7-5-4-6-8-10/h4-8,11-13H,3,9H2,1-2H3. The van der Waals surface area contributed by atoms with Crippen molar-refractivity contribution in [2.75, 3.05) is 20.3 Å². The van der Waals surface area contributed by atoms with E-state index in [2.05, 4.69) is 12.1 Å². The van der Waals surface area contributed by atoms with Crippen molar-refractivity contribution in [1.82, 2.24) is 0 Å². The highest BCUT2D eigenvalue weighted by molar-refractivity contribution is 5.78. The second-order valence-corrected chi connectivity index (χ2v) is 4.33. The zero-order valence-corrected chi connectivity index (χ0v) is 10.3. The van der Waals surface area contributed by atoms with Crippen LogP contribution in [0.1, 0.15) is 18.4 Å². The number of hydrogen-bond donors (Lipinski definition) is 0. The van der Waals surface area contributed by atoms with Gasteiger partial charge in [-0.3, -0.25) is 4.79 Å². The van der Waals surface area contributed by atoms with E-state index in [1.807, 2.05) is 25.1 Å². The van der Waals surface area contributed by atoms with E-state index in [-0.39, 0.29) is 23.7 Å². The van der Waals surface area contributed by atoms with Crippen LogP contribution in [-0.2, 0) is 14.3 Å². The highest BCUT2D eigenvalue weighted by Crippen LogP contribution is 2.54. The van der Waals surface area contributed by atoms with Gasteiger partial charge in [0.1, 0.15) is 0 Å². The first-order valence-corrected chi connectivity index (χ1v) is 6.00. The van der Waals surface area contributed by atoms with Crippen LogP contribution < -0.4 is 0 Å². The van der Waals surface area contributed by atoms with Crippen molar-refractivity contribution in [3.05, 3.63) is 35.9 Å². The van der Waals surface area contributed by atoms with Gasteiger partial charge in [0.25, 0.3) is 0 Å². The topological polar surface area (TPSA) is 35.5 Å². The van der Waals surface area contributed by atoms with E-state index in [0.717, 1.165) is 0 Å². The Morgan fingerprint density at radius 3 is 2.59 bits per heavy atom. The van der Waals surface area contributed by atoms with Gasteiger partial charge in [0, 0.05) is 18.9 Å². The molecule has 92 valence electrons. The number of carbonyl (C=O) groups is 1.